The van der Waals surface area contributed by atoms with E-state index in [1.54, 1.807) is 10.9 Å². The minimum absolute atomic E-state index is 0.688. The van der Waals surface area contributed by atoms with Crippen molar-refractivity contribution in [3.05, 3.63) is 90.1 Å². The topological polar surface area (TPSA) is 109 Å². The van der Waals surface area contributed by atoms with Crippen LogP contribution in [0.25, 0.3) is 11.1 Å². The molecule has 35 heavy (non-hydrogen) atoms. The Balaban J connectivity index is 1.25. The Morgan fingerprint density at radius 3 is 2.51 bits per heavy atom. The molecule has 178 valence electrons. The minimum Gasteiger partial charge on any atom is -0.384 e. The fourth-order valence-electron chi connectivity index (χ4n) is 4.36. The Labute approximate surface area is 203 Å². The molecule has 1 aromatic carbocycles. The zero-order valence-corrected chi connectivity index (χ0v) is 19.5. The SMILES string of the molecule is Cn1cc(-c2c[nH]c(/C(=N\C=N)N3CCN(c4ccc(C(O)c5ccccc5)cn4)CC3)c2)cn1. The van der Waals surface area contributed by atoms with Crippen molar-refractivity contribution < 1.29 is 5.11 Å². The summed E-state index contributed by atoms with van der Waals surface area (Å²) in [5, 5.41) is 22.4. The highest BCUT2D eigenvalue weighted by Gasteiger charge is 2.23. The Kier molecular flexibility index (Phi) is 6.40. The van der Waals surface area contributed by atoms with E-state index in [9.17, 15) is 5.11 Å². The molecule has 9 heteroatoms. The molecule has 5 rings (SSSR count). The molecule has 0 spiro atoms. The normalized spacial score (nSPS) is 15.3. The van der Waals surface area contributed by atoms with Crippen molar-refractivity contribution in [1.82, 2.24) is 24.6 Å². The number of amidine groups is 1. The molecule has 1 fully saturated rings. The number of nitrogens with zero attached hydrogens (tertiary/aromatic N) is 6. The van der Waals surface area contributed by atoms with Crippen molar-refractivity contribution in [2.75, 3.05) is 31.1 Å². The fourth-order valence-corrected chi connectivity index (χ4v) is 4.36. The van der Waals surface area contributed by atoms with Crippen LogP contribution in [0.15, 0.2) is 78.3 Å². The lowest BCUT2D eigenvalue weighted by molar-refractivity contribution is 0.220. The van der Waals surface area contributed by atoms with Crippen molar-refractivity contribution in [3.63, 3.8) is 0 Å². The summed E-state index contributed by atoms with van der Waals surface area (Å²) >= 11 is 0. The summed E-state index contributed by atoms with van der Waals surface area (Å²) in [6, 6.07) is 15.5. The van der Waals surface area contributed by atoms with Crippen LogP contribution in [0.4, 0.5) is 5.82 Å². The first-order valence-corrected chi connectivity index (χ1v) is 11.6. The second-order valence-corrected chi connectivity index (χ2v) is 8.52. The number of H-pyrrole nitrogens is 1. The van der Waals surface area contributed by atoms with E-state index in [4.69, 9.17) is 5.41 Å². The molecule has 0 aliphatic carbocycles. The average Bonchev–Trinajstić information content (AvgIpc) is 3.57. The van der Waals surface area contributed by atoms with Gasteiger partial charge in [0, 0.05) is 68.5 Å². The average molecular weight is 469 g/mol. The van der Waals surface area contributed by atoms with Crippen molar-refractivity contribution >= 4 is 18.0 Å². The summed E-state index contributed by atoms with van der Waals surface area (Å²) in [7, 11) is 1.90. The van der Waals surface area contributed by atoms with Gasteiger partial charge in [0.1, 0.15) is 18.3 Å². The van der Waals surface area contributed by atoms with Gasteiger partial charge in [0.2, 0.25) is 0 Å². The van der Waals surface area contributed by atoms with E-state index in [1.807, 2.05) is 74.2 Å². The summed E-state index contributed by atoms with van der Waals surface area (Å²) in [5.74, 6) is 1.64. The van der Waals surface area contributed by atoms with Gasteiger partial charge in [-0.3, -0.25) is 10.1 Å². The van der Waals surface area contributed by atoms with Gasteiger partial charge in [-0.2, -0.15) is 5.10 Å². The molecule has 0 bridgehead atoms. The molecule has 9 nitrogen and oxygen atoms in total. The van der Waals surface area contributed by atoms with Gasteiger partial charge >= 0.3 is 0 Å². The third kappa shape index (κ3) is 4.85. The van der Waals surface area contributed by atoms with Gasteiger partial charge in [-0.05, 0) is 17.7 Å². The molecule has 1 saturated heterocycles. The number of aryl methyl sites for hydroxylation is 1. The smallest absolute Gasteiger partial charge is 0.154 e. The Bertz CT molecular complexity index is 1300. The van der Waals surface area contributed by atoms with Gasteiger partial charge in [0.05, 0.1) is 11.9 Å². The van der Waals surface area contributed by atoms with Gasteiger partial charge in [-0.15, -0.1) is 0 Å². The number of hydrogen-bond acceptors (Lipinski definition) is 5. The second kappa shape index (κ2) is 9.94. The van der Waals surface area contributed by atoms with E-state index in [0.717, 1.165) is 72.1 Å². The quantitative estimate of drug-likeness (QED) is 0.298. The maximum Gasteiger partial charge on any atom is 0.154 e. The van der Waals surface area contributed by atoms with Crippen LogP contribution in [0.3, 0.4) is 0 Å². The first-order chi connectivity index (χ1) is 17.1. The number of aromatic nitrogens is 4. The number of hydrogen-bond donors (Lipinski definition) is 3. The Morgan fingerprint density at radius 1 is 1.06 bits per heavy atom. The van der Waals surface area contributed by atoms with Gasteiger partial charge < -0.3 is 19.9 Å². The van der Waals surface area contributed by atoms with Gasteiger partial charge in [0.15, 0.2) is 5.84 Å². The summed E-state index contributed by atoms with van der Waals surface area (Å²) in [5.41, 5.74) is 4.56. The molecule has 3 N–H and O–H groups in total. The molecule has 0 radical (unpaired) electrons. The van der Waals surface area contributed by atoms with Crippen LogP contribution in [-0.4, -0.2) is 68.1 Å². The third-order valence-electron chi connectivity index (χ3n) is 6.25. The number of aromatic amines is 1. The van der Waals surface area contributed by atoms with Crippen LogP contribution in [0.5, 0.6) is 0 Å². The summed E-state index contributed by atoms with van der Waals surface area (Å²) in [4.78, 5) is 16.7. The van der Waals surface area contributed by atoms with E-state index in [2.05, 4.69) is 29.9 Å². The lowest BCUT2D eigenvalue weighted by atomic mass is 10.0. The largest absolute Gasteiger partial charge is 0.384 e. The van der Waals surface area contributed by atoms with Crippen LogP contribution in [-0.2, 0) is 7.05 Å². The van der Waals surface area contributed by atoms with E-state index in [0.29, 0.717) is 0 Å². The van der Waals surface area contributed by atoms with Gasteiger partial charge in [0.25, 0.3) is 0 Å². The number of nitrogens with one attached hydrogen (secondary N) is 2. The van der Waals surface area contributed by atoms with Crippen molar-refractivity contribution in [2.24, 2.45) is 12.0 Å². The minimum atomic E-state index is -0.688. The number of piperazine rings is 1. The van der Waals surface area contributed by atoms with Crippen molar-refractivity contribution in [1.29, 1.82) is 5.41 Å². The van der Waals surface area contributed by atoms with Crippen LogP contribution in [0.2, 0.25) is 0 Å². The number of aliphatic hydroxyl groups excluding tert-OH is 1. The highest BCUT2D eigenvalue weighted by molar-refractivity contribution is 6.01. The van der Waals surface area contributed by atoms with Gasteiger partial charge in [-0.25, -0.2) is 9.98 Å². The van der Waals surface area contributed by atoms with Crippen LogP contribution in [0, 0.1) is 5.41 Å². The maximum absolute atomic E-state index is 10.6. The highest BCUT2D eigenvalue weighted by atomic mass is 16.3. The van der Waals surface area contributed by atoms with Crippen LogP contribution < -0.4 is 4.90 Å². The predicted molar refractivity (Wildman–Crippen MR) is 137 cm³/mol. The number of aliphatic imine (C=N–C) groups is 1. The second-order valence-electron chi connectivity index (χ2n) is 8.52. The maximum atomic E-state index is 10.6. The molecule has 1 aliphatic rings. The molecule has 4 heterocycles. The summed E-state index contributed by atoms with van der Waals surface area (Å²) < 4.78 is 1.77. The molecule has 0 saturated carbocycles. The zero-order valence-electron chi connectivity index (χ0n) is 19.5. The molecule has 0 amide bonds. The highest BCUT2D eigenvalue weighted by Crippen LogP contribution is 2.24. The Morgan fingerprint density at radius 2 is 1.86 bits per heavy atom. The number of anilines is 1. The van der Waals surface area contributed by atoms with E-state index >= 15 is 0 Å². The molecule has 4 aromatic rings. The fraction of sp³-hybridized carbons (Fsp3) is 0.231. The van der Waals surface area contributed by atoms with Crippen LogP contribution >= 0.6 is 0 Å². The molecule has 1 aliphatic heterocycles. The molecular formula is C26H28N8O. The first-order valence-electron chi connectivity index (χ1n) is 11.6. The number of pyridine rings is 1. The summed E-state index contributed by atoms with van der Waals surface area (Å²) in [6.45, 7) is 3.07. The third-order valence-corrected chi connectivity index (χ3v) is 6.25. The van der Waals surface area contributed by atoms with Crippen LogP contribution in [0.1, 0.15) is 22.9 Å². The molecule has 1 atom stereocenters. The lowest BCUT2D eigenvalue weighted by Gasteiger charge is -2.36. The van der Waals surface area contributed by atoms with E-state index in [1.165, 1.54) is 0 Å². The molecular weight excluding hydrogens is 440 g/mol. The van der Waals surface area contributed by atoms with E-state index in [-0.39, 0.29) is 0 Å². The van der Waals surface area contributed by atoms with Crippen molar-refractivity contribution in [2.45, 2.75) is 6.10 Å². The number of aliphatic hydroxyl groups is 1. The zero-order chi connectivity index (χ0) is 24.2. The Hall–Kier alpha value is -4.24. The standard InChI is InChI=1S/C26H28N8O/c1-32-17-22(16-31-32)21-13-23(28-15-21)26(30-18-27)34-11-9-33(10-12-34)24-8-7-20(14-29-24)25(35)19-5-3-2-4-6-19/h2-8,13-18,25,27-28,35H,9-12H2,1H3/b27-18?,30-26+. The predicted octanol–water partition coefficient (Wildman–Crippen LogP) is 3.07. The lowest BCUT2D eigenvalue weighted by Crippen LogP contribution is -2.49. The summed E-state index contributed by atoms with van der Waals surface area (Å²) in [6.07, 6.45) is 7.89. The van der Waals surface area contributed by atoms with Crippen molar-refractivity contribution in [3.8, 4) is 11.1 Å². The number of benzene rings is 1. The first kappa shape index (κ1) is 22.5. The monoisotopic (exact) mass is 468 g/mol. The molecule has 1 unspecified atom stereocenters. The van der Waals surface area contributed by atoms with E-state index < -0.39 is 6.10 Å². The number of rotatable bonds is 6. The van der Waals surface area contributed by atoms with Gasteiger partial charge in [-0.1, -0.05) is 36.4 Å². The molecule has 3 aromatic heterocycles.